The molecule has 2 heteroatoms. The molecule has 0 spiro atoms. The topological polar surface area (TPSA) is 24.7 Å². The lowest BCUT2D eigenvalue weighted by Gasteiger charge is -1.92. The van der Waals surface area contributed by atoms with Crippen molar-refractivity contribution in [1.82, 2.24) is 0 Å². The van der Waals surface area contributed by atoms with E-state index < -0.39 is 0 Å². The van der Waals surface area contributed by atoms with E-state index in [-0.39, 0.29) is 6.04 Å². The first-order valence-electron chi connectivity index (χ1n) is 4.75. The third kappa shape index (κ3) is 6.02. The first kappa shape index (κ1) is 11.8. The molecule has 1 aromatic carbocycles. The fourth-order valence-corrected chi connectivity index (χ4v) is 0.677. The minimum absolute atomic E-state index is 0.273. The second kappa shape index (κ2) is 7.47. The van der Waals surface area contributed by atoms with Gasteiger partial charge in [0, 0.05) is 0 Å². The maximum atomic E-state index is 4.03. The van der Waals surface area contributed by atoms with Crippen molar-refractivity contribution in [2.45, 2.75) is 33.7 Å². The highest BCUT2D eigenvalue weighted by Gasteiger charge is 1.86. The molecular formula is C11H18N2. The average molecular weight is 178 g/mol. The monoisotopic (exact) mass is 178 g/mol. The summed E-state index contributed by atoms with van der Waals surface area (Å²) in [7, 11) is 0. The van der Waals surface area contributed by atoms with Gasteiger partial charge in [0.05, 0.1) is 11.7 Å². The Morgan fingerprint density at radius 3 is 2.00 bits per heavy atom. The maximum absolute atomic E-state index is 4.03. The maximum Gasteiger partial charge on any atom is 0.0852 e. The molecule has 0 heterocycles. The highest BCUT2D eigenvalue weighted by atomic mass is 15.1. The Balaban J connectivity index is 0.000000671. The van der Waals surface area contributed by atoms with Crippen molar-refractivity contribution in [1.29, 1.82) is 0 Å². The number of azo groups is 1. The summed E-state index contributed by atoms with van der Waals surface area (Å²) in [6.45, 7) is 8.01. The Bertz CT molecular complexity index is 227. The largest absolute Gasteiger partial charge is 0.186 e. The summed E-state index contributed by atoms with van der Waals surface area (Å²) < 4.78 is 0. The molecule has 0 fully saturated rings. The van der Waals surface area contributed by atoms with E-state index in [2.05, 4.69) is 10.2 Å². The quantitative estimate of drug-likeness (QED) is 0.606. The Morgan fingerprint density at radius 2 is 1.54 bits per heavy atom. The molecular weight excluding hydrogens is 160 g/mol. The van der Waals surface area contributed by atoms with Crippen molar-refractivity contribution in [3.8, 4) is 0 Å². The van der Waals surface area contributed by atoms with Gasteiger partial charge in [-0.05, 0) is 26.0 Å². The van der Waals surface area contributed by atoms with Crippen molar-refractivity contribution in [3.63, 3.8) is 0 Å². The van der Waals surface area contributed by atoms with Crippen molar-refractivity contribution >= 4 is 5.69 Å². The number of hydrogen-bond acceptors (Lipinski definition) is 2. The normalized spacial score (nSPS) is 9.92. The summed E-state index contributed by atoms with van der Waals surface area (Å²) in [6.07, 6.45) is 0. The molecule has 2 nitrogen and oxygen atoms in total. The molecule has 0 atom stereocenters. The van der Waals surface area contributed by atoms with Crippen LogP contribution in [-0.2, 0) is 0 Å². The van der Waals surface area contributed by atoms with Crippen LogP contribution in [0.25, 0.3) is 0 Å². The standard InChI is InChI=1S/C9H12N2.C2H6/c1-8(2)10-11-9-6-4-3-5-7-9;1-2/h3-8H,1-2H3;1-2H3. The van der Waals surface area contributed by atoms with E-state index in [0.717, 1.165) is 5.69 Å². The highest BCUT2D eigenvalue weighted by Crippen LogP contribution is 2.10. The summed E-state index contributed by atoms with van der Waals surface area (Å²) in [5, 5.41) is 8.05. The minimum Gasteiger partial charge on any atom is -0.186 e. The number of hydrogen-bond donors (Lipinski definition) is 0. The van der Waals surface area contributed by atoms with Gasteiger partial charge in [-0.15, -0.1) is 0 Å². The lowest BCUT2D eigenvalue weighted by atomic mass is 10.3. The third-order valence-electron chi connectivity index (χ3n) is 1.16. The predicted octanol–water partition coefficient (Wildman–Crippen LogP) is 4.20. The summed E-state index contributed by atoms with van der Waals surface area (Å²) in [4.78, 5) is 0. The summed E-state index contributed by atoms with van der Waals surface area (Å²) >= 11 is 0. The zero-order chi connectivity index (χ0) is 10.1. The first-order chi connectivity index (χ1) is 6.29. The average Bonchev–Trinajstić information content (AvgIpc) is 2.19. The molecule has 0 saturated carbocycles. The van der Waals surface area contributed by atoms with E-state index in [1.54, 1.807) is 0 Å². The van der Waals surface area contributed by atoms with Gasteiger partial charge in [-0.1, -0.05) is 32.0 Å². The first-order valence-corrected chi connectivity index (χ1v) is 4.75. The van der Waals surface area contributed by atoms with Gasteiger partial charge in [-0.2, -0.15) is 10.2 Å². The van der Waals surface area contributed by atoms with Crippen LogP contribution < -0.4 is 0 Å². The van der Waals surface area contributed by atoms with E-state index in [0.29, 0.717) is 0 Å². The Labute approximate surface area is 80.7 Å². The molecule has 72 valence electrons. The van der Waals surface area contributed by atoms with Crippen molar-refractivity contribution in [2.24, 2.45) is 10.2 Å². The van der Waals surface area contributed by atoms with Crippen LogP contribution in [0.15, 0.2) is 40.6 Å². The van der Waals surface area contributed by atoms with Crippen molar-refractivity contribution < 1.29 is 0 Å². The zero-order valence-corrected chi connectivity index (χ0v) is 8.86. The van der Waals surface area contributed by atoms with Crippen molar-refractivity contribution in [3.05, 3.63) is 30.3 Å². The summed E-state index contributed by atoms with van der Waals surface area (Å²) in [5.41, 5.74) is 0.918. The van der Waals surface area contributed by atoms with Gasteiger partial charge in [-0.3, -0.25) is 0 Å². The molecule has 1 rings (SSSR count). The molecule has 1 aromatic rings. The molecule has 0 bridgehead atoms. The number of rotatable bonds is 2. The van der Waals surface area contributed by atoms with Crippen LogP contribution >= 0.6 is 0 Å². The van der Waals surface area contributed by atoms with Crippen molar-refractivity contribution in [2.75, 3.05) is 0 Å². The Kier molecular flexibility index (Phi) is 6.79. The van der Waals surface area contributed by atoms with Gasteiger partial charge in [0.25, 0.3) is 0 Å². The molecule has 0 aliphatic rings. The Morgan fingerprint density at radius 1 is 1.00 bits per heavy atom. The highest BCUT2D eigenvalue weighted by molar-refractivity contribution is 5.34. The van der Waals surface area contributed by atoms with Gasteiger partial charge >= 0.3 is 0 Å². The van der Waals surface area contributed by atoms with Crippen LogP contribution in [-0.4, -0.2) is 6.04 Å². The molecule has 0 aliphatic carbocycles. The van der Waals surface area contributed by atoms with E-state index >= 15 is 0 Å². The molecule has 0 N–H and O–H groups in total. The number of nitrogens with zero attached hydrogens (tertiary/aromatic N) is 2. The van der Waals surface area contributed by atoms with Gasteiger partial charge in [-0.25, -0.2) is 0 Å². The van der Waals surface area contributed by atoms with Crippen LogP contribution in [0.3, 0.4) is 0 Å². The van der Waals surface area contributed by atoms with Gasteiger partial charge in [0.1, 0.15) is 0 Å². The molecule has 0 saturated heterocycles. The lowest BCUT2D eigenvalue weighted by Crippen LogP contribution is -1.83. The van der Waals surface area contributed by atoms with Crippen LogP contribution in [0, 0.1) is 0 Å². The summed E-state index contributed by atoms with van der Waals surface area (Å²) in [6, 6.07) is 10.0. The van der Waals surface area contributed by atoms with Crippen LogP contribution in [0.4, 0.5) is 5.69 Å². The molecule has 0 aromatic heterocycles. The predicted molar refractivity (Wildman–Crippen MR) is 57.4 cm³/mol. The van der Waals surface area contributed by atoms with E-state index in [1.165, 1.54) is 0 Å². The van der Waals surface area contributed by atoms with E-state index in [9.17, 15) is 0 Å². The molecule has 0 radical (unpaired) electrons. The number of benzene rings is 1. The van der Waals surface area contributed by atoms with E-state index in [4.69, 9.17) is 0 Å². The molecule has 0 aliphatic heterocycles. The van der Waals surface area contributed by atoms with Gasteiger partial charge in [0.15, 0.2) is 0 Å². The fraction of sp³-hybridized carbons (Fsp3) is 0.455. The summed E-state index contributed by atoms with van der Waals surface area (Å²) in [5.74, 6) is 0. The third-order valence-corrected chi connectivity index (χ3v) is 1.16. The lowest BCUT2D eigenvalue weighted by molar-refractivity contribution is 0.779. The smallest absolute Gasteiger partial charge is 0.0852 e. The molecule has 0 amide bonds. The van der Waals surface area contributed by atoms with Crippen LogP contribution in [0.5, 0.6) is 0 Å². The molecule has 13 heavy (non-hydrogen) atoms. The second-order valence-corrected chi connectivity index (χ2v) is 2.64. The second-order valence-electron chi connectivity index (χ2n) is 2.64. The SMILES string of the molecule is CC.CC(C)N=Nc1ccccc1. The Hall–Kier alpha value is -1.18. The van der Waals surface area contributed by atoms with Crippen LogP contribution in [0.2, 0.25) is 0 Å². The minimum atomic E-state index is 0.273. The van der Waals surface area contributed by atoms with Gasteiger partial charge < -0.3 is 0 Å². The molecule has 0 unspecified atom stereocenters. The van der Waals surface area contributed by atoms with E-state index in [1.807, 2.05) is 58.0 Å². The van der Waals surface area contributed by atoms with Crippen LogP contribution in [0.1, 0.15) is 27.7 Å². The van der Waals surface area contributed by atoms with Gasteiger partial charge in [0.2, 0.25) is 0 Å². The zero-order valence-electron chi connectivity index (χ0n) is 8.86. The fourth-order valence-electron chi connectivity index (χ4n) is 0.677.